The second-order valence-electron chi connectivity index (χ2n) is 15.8. The van der Waals surface area contributed by atoms with Crippen molar-refractivity contribution in [1.82, 2.24) is 0 Å². The normalized spacial score (nSPS) is 13.2. The Kier molecular flexibility index (Phi) is 41.9. The van der Waals surface area contributed by atoms with E-state index in [0.717, 1.165) is 38.5 Å². The molecule has 0 aromatic rings. The number of aliphatic hydroxyl groups excluding tert-OH is 3. The molecule has 0 aromatic carbocycles. The average molecular weight is 773 g/mol. The molecule has 0 saturated carbocycles. The smallest absolute Gasteiger partial charge is 0.306 e. The van der Waals surface area contributed by atoms with E-state index in [1.165, 1.54) is 154 Å². The molecule has 54 heavy (non-hydrogen) atoms. The van der Waals surface area contributed by atoms with Crippen LogP contribution in [0.2, 0.25) is 0 Å². The van der Waals surface area contributed by atoms with Gasteiger partial charge in [-0.25, -0.2) is 0 Å². The van der Waals surface area contributed by atoms with E-state index >= 15 is 0 Å². The van der Waals surface area contributed by atoms with Crippen LogP contribution in [0.1, 0.15) is 219 Å². The molecule has 0 fully saturated rings. The van der Waals surface area contributed by atoms with Gasteiger partial charge in [-0.3, -0.25) is 9.59 Å². The standard InChI is InChI=1S/C45H88O9/c1-3-5-7-9-11-13-15-17-19-21-23-25-27-29-31-33-44(49)53-40-43(39-52-38-42(48)37-51-36-41(47)35-46)54-45(50)34-32-30-28-26-24-22-20-18-16-14-12-10-8-6-4-2/h41-43,46-48H,3-40H2,1-2H3. The van der Waals surface area contributed by atoms with Crippen molar-refractivity contribution >= 4 is 11.9 Å². The van der Waals surface area contributed by atoms with Gasteiger partial charge in [0, 0.05) is 12.8 Å². The molecule has 0 aliphatic heterocycles. The number of hydrogen-bond acceptors (Lipinski definition) is 9. The highest BCUT2D eigenvalue weighted by molar-refractivity contribution is 5.70. The highest BCUT2D eigenvalue weighted by atomic mass is 16.6. The maximum atomic E-state index is 12.7. The highest BCUT2D eigenvalue weighted by Gasteiger charge is 2.19. The molecule has 0 aromatic heterocycles. The van der Waals surface area contributed by atoms with Crippen LogP contribution in [0.15, 0.2) is 0 Å². The third-order valence-electron chi connectivity index (χ3n) is 10.1. The van der Waals surface area contributed by atoms with Gasteiger partial charge in [0.05, 0.1) is 33.0 Å². The number of esters is 2. The van der Waals surface area contributed by atoms with Crippen molar-refractivity contribution in [3.63, 3.8) is 0 Å². The molecule has 0 amide bonds. The predicted octanol–water partition coefficient (Wildman–Crippen LogP) is 10.7. The Morgan fingerprint density at radius 3 is 1.09 bits per heavy atom. The summed E-state index contributed by atoms with van der Waals surface area (Å²) in [4.78, 5) is 25.1. The molecular weight excluding hydrogens is 684 g/mol. The molecule has 0 radical (unpaired) electrons. The van der Waals surface area contributed by atoms with E-state index in [4.69, 9.17) is 24.1 Å². The molecular formula is C45H88O9. The molecule has 322 valence electrons. The summed E-state index contributed by atoms with van der Waals surface area (Å²) in [6, 6.07) is 0. The minimum Gasteiger partial charge on any atom is -0.462 e. The number of hydrogen-bond donors (Lipinski definition) is 3. The fourth-order valence-corrected chi connectivity index (χ4v) is 6.68. The molecule has 3 N–H and O–H groups in total. The van der Waals surface area contributed by atoms with Crippen molar-refractivity contribution in [3.05, 3.63) is 0 Å². The van der Waals surface area contributed by atoms with Crippen LogP contribution >= 0.6 is 0 Å². The first kappa shape index (κ1) is 52.7. The van der Waals surface area contributed by atoms with Crippen LogP contribution in [0.3, 0.4) is 0 Å². The van der Waals surface area contributed by atoms with Crippen LogP contribution in [0.5, 0.6) is 0 Å². The van der Waals surface area contributed by atoms with Crippen LogP contribution in [0.25, 0.3) is 0 Å². The number of aliphatic hydroxyl groups is 3. The topological polar surface area (TPSA) is 132 Å². The maximum absolute atomic E-state index is 12.7. The van der Waals surface area contributed by atoms with Gasteiger partial charge in [-0.2, -0.15) is 0 Å². The molecule has 9 heteroatoms. The van der Waals surface area contributed by atoms with Crippen molar-refractivity contribution in [2.24, 2.45) is 0 Å². The molecule has 3 atom stereocenters. The number of carbonyl (C=O) groups is 2. The Morgan fingerprint density at radius 2 is 0.722 bits per heavy atom. The van der Waals surface area contributed by atoms with E-state index in [-0.39, 0.29) is 45.0 Å². The van der Waals surface area contributed by atoms with Crippen molar-refractivity contribution in [1.29, 1.82) is 0 Å². The fourth-order valence-electron chi connectivity index (χ4n) is 6.68. The lowest BCUT2D eigenvalue weighted by Gasteiger charge is -2.19. The Balaban J connectivity index is 4.19. The number of carbonyl (C=O) groups excluding carboxylic acids is 2. The van der Waals surface area contributed by atoms with Gasteiger partial charge in [-0.05, 0) is 12.8 Å². The molecule has 9 nitrogen and oxygen atoms in total. The molecule has 0 spiro atoms. The maximum Gasteiger partial charge on any atom is 0.306 e. The second-order valence-corrected chi connectivity index (χ2v) is 15.8. The van der Waals surface area contributed by atoms with Crippen LogP contribution in [0.4, 0.5) is 0 Å². The minimum atomic E-state index is -1.00. The number of ether oxygens (including phenoxy) is 4. The second kappa shape index (κ2) is 42.9. The van der Waals surface area contributed by atoms with Crippen LogP contribution < -0.4 is 0 Å². The summed E-state index contributed by atoms with van der Waals surface area (Å²) >= 11 is 0. The third-order valence-corrected chi connectivity index (χ3v) is 10.1. The summed E-state index contributed by atoms with van der Waals surface area (Å²) in [6.07, 6.45) is 35.8. The number of unbranched alkanes of at least 4 members (excludes halogenated alkanes) is 28. The van der Waals surface area contributed by atoms with Gasteiger partial charge >= 0.3 is 11.9 Å². The van der Waals surface area contributed by atoms with Gasteiger partial charge in [-0.15, -0.1) is 0 Å². The zero-order valence-electron chi connectivity index (χ0n) is 35.4. The Bertz CT molecular complexity index is 780. The van der Waals surface area contributed by atoms with E-state index in [9.17, 15) is 19.8 Å². The summed E-state index contributed by atoms with van der Waals surface area (Å²) in [5.41, 5.74) is 0. The van der Waals surface area contributed by atoms with E-state index in [1.807, 2.05) is 0 Å². The van der Waals surface area contributed by atoms with Crippen molar-refractivity contribution in [2.45, 2.75) is 238 Å². The van der Waals surface area contributed by atoms with Crippen molar-refractivity contribution < 1.29 is 43.9 Å². The SMILES string of the molecule is CCCCCCCCCCCCCCCCCC(=O)OCC(COCC(O)COCC(O)CO)OC(=O)CCCCCCCCCCCCCCCCC. The van der Waals surface area contributed by atoms with Gasteiger partial charge in [0.25, 0.3) is 0 Å². The van der Waals surface area contributed by atoms with Crippen molar-refractivity contribution in [2.75, 3.05) is 39.6 Å². The van der Waals surface area contributed by atoms with Gasteiger partial charge in [-0.1, -0.05) is 194 Å². The Hall–Kier alpha value is -1.26. The lowest BCUT2D eigenvalue weighted by Crippen LogP contribution is -2.32. The first-order chi connectivity index (χ1) is 26.4. The summed E-state index contributed by atoms with van der Waals surface area (Å²) in [5, 5.41) is 28.4. The monoisotopic (exact) mass is 773 g/mol. The highest BCUT2D eigenvalue weighted by Crippen LogP contribution is 2.16. The zero-order chi connectivity index (χ0) is 39.6. The fraction of sp³-hybridized carbons (Fsp3) is 0.956. The average Bonchev–Trinajstić information content (AvgIpc) is 3.16. The Morgan fingerprint density at radius 1 is 0.407 bits per heavy atom. The molecule has 0 bridgehead atoms. The lowest BCUT2D eigenvalue weighted by molar-refractivity contribution is -0.163. The third kappa shape index (κ3) is 40.4. The van der Waals surface area contributed by atoms with Gasteiger partial charge in [0.2, 0.25) is 0 Å². The first-order valence-corrected chi connectivity index (χ1v) is 22.9. The summed E-state index contributed by atoms with van der Waals surface area (Å²) in [6.45, 7) is 3.76. The van der Waals surface area contributed by atoms with Crippen molar-refractivity contribution in [3.8, 4) is 0 Å². The lowest BCUT2D eigenvalue weighted by atomic mass is 10.0. The molecule has 3 unspecified atom stereocenters. The largest absolute Gasteiger partial charge is 0.462 e. The Labute approximate surface area is 332 Å². The number of rotatable bonds is 44. The summed E-state index contributed by atoms with van der Waals surface area (Å²) in [5.74, 6) is -0.636. The molecule has 0 rings (SSSR count). The van der Waals surface area contributed by atoms with E-state index in [2.05, 4.69) is 13.8 Å². The quantitative estimate of drug-likeness (QED) is 0.0409. The molecule has 0 aliphatic rings. The van der Waals surface area contributed by atoms with Crippen LogP contribution in [-0.4, -0.2) is 85.2 Å². The summed E-state index contributed by atoms with van der Waals surface area (Å²) in [7, 11) is 0. The predicted molar refractivity (Wildman–Crippen MR) is 221 cm³/mol. The van der Waals surface area contributed by atoms with Gasteiger partial charge in [0.15, 0.2) is 6.10 Å². The first-order valence-electron chi connectivity index (χ1n) is 22.9. The van der Waals surface area contributed by atoms with Gasteiger partial charge < -0.3 is 34.3 Å². The van der Waals surface area contributed by atoms with Crippen LogP contribution in [-0.2, 0) is 28.5 Å². The molecule has 0 saturated heterocycles. The van der Waals surface area contributed by atoms with E-state index in [0.29, 0.717) is 12.8 Å². The van der Waals surface area contributed by atoms with E-state index in [1.54, 1.807) is 0 Å². The zero-order valence-corrected chi connectivity index (χ0v) is 35.4. The van der Waals surface area contributed by atoms with E-state index < -0.39 is 24.9 Å². The molecule has 0 aliphatic carbocycles. The van der Waals surface area contributed by atoms with Gasteiger partial charge in [0.1, 0.15) is 18.8 Å². The molecule has 0 heterocycles. The van der Waals surface area contributed by atoms with Crippen LogP contribution in [0, 0.1) is 0 Å². The summed E-state index contributed by atoms with van der Waals surface area (Å²) < 4.78 is 21.9. The minimum absolute atomic E-state index is 0.0207.